The van der Waals surface area contributed by atoms with Crippen LogP contribution in [0.25, 0.3) is 0 Å². The topological polar surface area (TPSA) is 66.5 Å². The van der Waals surface area contributed by atoms with Crippen LogP contribution in [0.15, 0.2) is 18.2 Å². The van der Waals surface area contributed by atoms with Gasteiger partial charge in [0.25, 0.3) is 0 Å². The Morgan fingerprint density at radius 3 is 2.33 bits per heavy atom. The molecule has 0 unspecified atom stereocenters. The van der Waals surface area contributed by atoms with Crippen LogP contribution in [0, 0.1) is 0 Å². The number of hydrogen-bond donors (Lipinski definition) is 3. The molecule has 0 heterocycles. The molecule has 3 nitrogen and oxygen atoms in total. The van der Waals surface area contributed by atoms with Crippen LogP contribution in [-0.4, -0.2) is 54.5 Å². The maximum absolute atomic E-state index is 9.04. The molecule has 0 aliphatic heterocycles. The molecule has 0 aliphatic rings. The van der Waals surface area contributed by atoms with Crippen molar-refractivity contribution in [2.45, 2.75) is 6.42 Å². The molecule has 12 heavy (non-hydrogen) atoms. The van der Waals surface area contributed by atoms with Crippen molar-refractivity contribution in [3.63, 3.8) is 0 Å². The molecule has 4 heteroatoms. The standard InChI is InChI=1S/C8H11NO2.Ca.2H/c9-4-3-6-1-2-7(10)8(11)5-6;;;/h1-2,5,10-11H,3-4,9H2;;;. The molecule has 0 aliphatic carbocycles. The third-order valence-electron chi connectivity index (χ3n) is 1.47. The van der Waals surface area contributed by atoms with Gasteiger partial charge in [0.1, 0.15) is 0 Å². The predicted octanol–water partition coefficient (Wildman–Crippen LogP) is -0.317. The Bertz CT molecular complexity index is 253. The maximum atomic E-state index is 9.04. The van der Waals surface area contributed by atoms with Crippen molar-refractivity contribution in [2.24, 2.45) is 5.73 Å². The monoisotopic (exact) mass is 195 g/mol. The van der Waals surface area contributed by atoms with E-state index in [0.29, 0.717) is 13.0 Å². The Kier molecular flexibility index (Phi) is 5.66. The molecule has 0 fully saturated rings. The van der Waals surface area contributed by atoms with Crippen LogP contribution in [0.3, 0.4) is 0 Å². The SMILES string of the molecule is NCCc1ccc(O)c(O)c1.[CaH2]. The molecular formula is C8H13CaNO2. The van der Waals surface area contributed by atoms with Crippen LogP contribution in [0.2, 0.25) is 0 Å². The van der Waals surface area contributed by atoms with Gasteiger partial charge in [-0.25, -0.2) is 0 Å². The molecule has 0 aromatic heterocycles. The Morgan fingerprint density at radius 1 is 1.17 bits per heavy atom. The molecule has 0 amide bonds. The van der Waals surface area contributed by atoms with Crippen LogP contribution in [0.4, 0.5) is 0 Å². The zero-order chi connectivity index (χ0) is 8.27. The molecule has 0 radical (unpaired) electrons. The molecule has 64 valence electrons. The first-order chi connectivity index (χ1) is 5.24. The summed E-state index contributed by atoms with van der Waals surface area (Å²) in [7, 11) is 0. The quantitative estimate of drug-likeness (QED) is 0.448. The first-order valence-electron chi connectivity index (χ1n) is 3.45. The van der Waals surface area contributed by atoms with Crippen LogP contribution < -0.4 is 5.73 Å². The Hall–Kier alpha value is 0.0397. The summed E-state index contributed by atoms with van der Waals surface area (Å²) in [5.41, 5.74) is 6.24. The van der Waals surface area contributed by atoms with Gasteiger partial charge < -0.3 is 15.9 Å². The van der Waals surface area contributed by atoms with Gasteiger partial charge in [0.2, 0.25) is 0 Å². The Morgan fingerprint density at radius 2 is 1.83 bits per heavy atom. The number of phenolic OH excluding ortho intramolecular Hbond substituents is 2. The van der Waals surface area contributed by atoms with E-state index in [1.54, 1.807) is 6.07 Å². The summed E-state index contributed by atoms with van der Waals surface area (Å²) in [6.07, 6.45) is 0.716. The van der Waals surface area contributed by atoms with Crippen LogP contribution in [-0.2, 0) is 6.42 Å². The molecule has 0 atom stereocenters. The summed E-state index contributed by atoms with van der Waals surface area (Å²) in [5, 5.41) is 18.0. The van der Waals surface area contributed by atoms with Gasteiger partial charge in [-0.05, 0) is 30.7 Å². The zero-order valence-electron chi connectivity index (χ0n) is 6.12. The third-order valence-corrected chi connectivity index (χ3v) is 1.47. The fourth-order valence-corrected chi connectivity index (χ4v) is 0.891. The summed E-state index contributed by atoms with van der Waals surface area (Å²) < 4.78 is 0. The van der Waals surface area contributed by atoms with Gasteiger partial charge in [0, 0.05) is 0 Å². The van der Waals surface area contributed by atoms with Crippen molar-refractivity contribution < 1.29 is 10.2 Å². The number of aromatic hydroxyl groups is 2. The molecular weight excluding hydrogens is 182 g/mol. The van der Waals surface area contributed by atoms with E-state index in [1.165, 1.54) is 12.1 Å². The third kappa shape index (κ3) is 3.19. The molecule has 1 aromatic carbocycles. The second-order valence-corrected chi connectivity index (χ2v) is 2.36. The Labute approximate surface area is 101 Å². The molecule has 0 saturated carbocycles. The number of phenols is 2. The summed E-state index contributed by atoms with van der Waals surface area (Å²) >= 11 is 0. The first-order valence-corrected chi connectivity index (χ1v) is 3.45. The van der Waals surface area contributed by atoms with Crippen molar-refractivity contribution >= 4 is 37.7 Å². The summed E-state index contributed by atoms with van der Waals surface area (Å²) in [4.78, 5) is 0. The van der Waals surface area contributed by atoms with Gasteiger partial charge in [-0.2, -0.15) is 0 Å². The van der Waals surface area contributed by atoms with E-state index in [9.17, 15) is 0 Å². The fraction of sp³-hybridized carbons (Fsp3) is 0.250. The summed E-state index contributed by atoms with van der Waals surface area (Å²) in [6, 6.07) is 4.71. The zero-order valence-corrected chi connectivity index (χ0v) is 6.12. The number of hydrogen-bond acceptors (Lipinski definition) is 3. The van der Waals surface area contributed by atoms with E-state index in [4.69, 9.17) is 15.9 Å². The van der Waals surface area contributed by atoms with E-state index >= 15 is 0 Å². The minimum absolute atomic E-state index is 0. The second-order valence-electron chi connectivity index (χ2n) is 2.36. The van der Waals surface area contributed by atoms with E-state index in [-0.39, 0.29) is 49.2 Å². The van der Waals surface area contributed by atoms with Crippen LogP contribution in [0.1, 0.15) is 5.56 Å². The van der Waals surface area contributed by atoms with Gasteiger partial charge in [0.05, 0.1) is 0 Å². The van der Waals surface area contributed by atoms with E-state index in [0.717, 1.165) is 5.56 Å². The first kappa shape index (κ1) is 12.0. The van der Waals surface area contributed by atoms with E-state index in [1.807, 2.05) is 0 Å². The summed E-state index contributed by atoms with van der Waals surface area (Å²) in [5.74, 6) is -0.179. The average molecular weight is 195 g/mol. The van der Waals surface area contributed by atoms with Gasteiger partial charge in [-0.3, -0.25) is 0 Å². The van der Waals surface area contributed by atoms with Crippen molar-refractivity contribution in [1.29, 1.82) is 0 Å². The number of rotatable bonds is 2. The molecule has 4 N–H and O–H groups in total. The van der Waals surface area contributed by atoms with Crippen molar-refractivity contribution in [3.05, 3.63) is 23.8 Å². The number of nitrogens with two attached hydrogens (primary N) is 1. The molecule has 0 saturated heterocycles. The molecule has 1 rings (SSSR count). The molecule has 0 spiro atoms. The van der Waals surface area contributed by atoms with Gasteiger partial charge in [-0.15, -0.1) is 0 Å². The van der Waals surface area contributed by atoms with E-state index < -0.39 is 0 Å². The number of benzene rings is 1. The van der Waals surface area contributed by atoms with Crippen LogP contribution in [0.5, 0.6) is 11.5 Å². The average Bonchev–Trinajstić information content (AvgIpc) is 1.98. The Balaban J connectivity index is 0.00000121. The van der Waals surface area contributed by atoms with Crippen LogP contribution >= 0.6 is 0 Å². The minimum atomic E-state index is -0.0919. The van der Waals surface area contributed by atoms with Gasteiger partial charge >= 0.3 is 37.7 Å². The normalized spacial score (nSPS) is 9.08. The van der Waals surface area contributed by atoms with Gasteiger partial charge in [0.15, 0.2) is 11.5 Å². The van der Waals surface area contributed by atoms with Gasteiger partial charge in [-0.1, -0.05) is 6.07 Å². The van der Waals surface area contributed by atoms with Crippen molar-refractivity contribution in [2.75, 3.05) is 6.54 Å². The fourth-order valence-electron chi connectivity index (χ4n) is 0.891. The summed E-state index contributed by atoms with van der Waals surface area (Å²) in [6.45, 7) is 0.546. The van der Waals surface area contributed by atoms with Crippen molar-refractivity contribution in [3.8, 4) is 11.5 Å². The predicted molar refractivity (Wildman–Crippen MR) is 51.1 cm³/mol. The molecule has 1 aromatic rings. The second kappa shape index (κ2) is 5.65. The van der Waals surface area contributed by atoms with Crippen molar-refractivity contribution in [1.82, 2.24) is 0 Å². The molecule has 0 bridgehead atoms. The van der Waals surface area contributed by atoms with E-state index in [2.05, 4.69) is 0 Å².